The van der Waals surface area contributed by atoms with E-state index in [4.69, 9.17) is 10.8 Å². The van der Waals surface area contributed by atoms with Crippen LogP contribution in [-0.4, -0.2) is 21.3 Å². The predicted octanol–water partition coefficient (Wildman–Crippen LogP) is -0.231. The second kappa shape index (κ2) is 3.42. The van der Waals surface area contributed by atoms with E-state index in [1.54, 1.807) is 16.8 Å². The summed E-state index contributed by atoms with van der Waals surface area (Å²) in [5.74, 6) is 0.591. The molecular weight excluding hydrogens is 182 g/mol. The molecule has 5 nitrogen and oxygen atoms in total. The lowest BCUT2D eigenvalue weighted by Crippen LogP contribution is -2.36. The number of rotatable bonds is 2. The summed E-state index contributed by atoms with van der Waals surface area (Å²) in [5, 5.41) is 8.84. The fourth-order valence-electron chi connectivity index (χ4n) is 1.78. The van der Waals surface area contributed by atoms with Crippen LogP contribution >= 0.6 is 0 Å². The minimum Gasteiger partial charge on any atom is -0.396 e. The highest BCUT2D eigenvalue weighted by molar-refractivity contribution is 5.23. The van der Waals surface area contributed by atoms with Crippen LogP contribution in [0.5, 0.6) is 0 Å². The largest absolute Gasteiger partial charge is 0.396 e. The van der Waals surface area contributed by atoms with Crippen molar-refractivity contribution in [3.05, 3.63) is 22.7 Å². The Bertz CT molecular complexity index is 382. The van der Waals surface area contributed by atoms with Crippen LogP contribution in [0.1, 0.15) is 18.9 Å². The van der Waals surface area contributed by atoms with Gasteiger partial charge in [0.1, 0.15) is 5.82 Å². The molecule has 1 aliphatic carbocycles. The highest BCUT2D eigenvalue weighted by Crippen LogP contribution is 2.36. The van der Waals surface area contributed by atoms with Gasteiger partial charge < -0.3 is 10.8 Å². The Labute approximate surface area is 81.2 Å². The van der Waals surface area contributed by atoms with Gasteiger partial charge in [-0.2, -0.15) is 4.98 Å². The molecule has 3 N–H and O–H groups in total. The lowest BCUT2D eigenvalue weighted by molar-refractivity contribution is 0.109. The van der Waals surface area contributed by atoms with Crippen molar-refractivity contribution in [2.75, 3.05) is 12.3 Å². The third kappa shape index (κ3) is 1.50. The van der Waals surface area contributed by atoms with Crippen LogP contribution in [-0.2, 0) is 0 Å². The van der Waals surface area contributed by atoms with Gasteiger partial charge in [0.25, 0.3) is 0 Å². The zero-order valence-corrected chi connectivity index (χ0v) is 7.76. The summed E-state index contributed by atoms with van der Waals surface area (Å²) >= 11 is 0. The first-order valence-electron chi connectivity index (χ1n) is 4.66. The Balaban J connectivity index is 2.15. The zero-order valence-electron chi connectivity index (χ0n) is 7.76. The SMILES string of the molecule is Nc1ccn([C@H]2C[C@@H](CO)C2)c(=O)n1. The molecule has 2 rings (SSSR count). The van der Waals surface area contributed by atoms with Gasteiger partial charge in [-0.15, -0.1) is 0 Å². The molecule has 0 spiro atoms. The van der Waals surface area contributed by atoms with Crippen molar-refractivity contribution in [3.8, 4) is 0 Å². The molecule has 5 heteroatoms. The first kappa shape index (κ1) is 9.21. The molecule has 1 heterocycles. The van der Waals surface area contributed by atoms with Crippen LogP contribution in [0.25, 0.3) is 0 Å². The first-order valence-corrected chi connectivity index (χ1v) is 4.66. The molecule has 1 aliphatic rings. The van der Waals surface area contributed by atoms with Crippen molar-refractivity contribution in [2.24, 2.45) is 5.92 Å². The summed E-state index contributed by atoms with van der Waals surface area (Å²) in [6.45, 7) is 0.202. The molecule has 0 atom stereocenters. The standard InChI is InChI=1S/C9H13N3O2/c10-8-1-2-12(9(14)11-8)7-3-6(4-7)5-13/h1-2,6-7,13H,3-5H2,(H2,10,11,14)/t6-,7+. The van der Waals surface area contributed by atoms with E-state index in [-0.39, 0.29) is 24.2 Å². The van der Waals surface area contributed by atoms with E-state index in [2.05, 4.69) is 4.98 Å². The second-order valence-corrected chi connectivity index (χ2v) is 3.72. The number of nitrogens with zero attached hydrogens (tertiary/aromatic N) is 2. The average Bonchev–Trinajstić information content (AvgIpc) is 2.06. The van der Waals surface area contributed by atoms with Gasteiger partial charge in [-0.3, -0.25) is 4.57 Å². The Kier molecular flexibility index (Phi) is 2.25. The van der Waals surface area contributed by atoms with Crippen molar-refractivity contribution in [2.45, 2.75) is 18.9 Å². The van der Waals surface area contributed by atoms with Gasteiger partial charge >= 0.3 is 5.69 Å². The highest BCUT2D eigenvalue weighted by Gasteiger charge is 2.30. The molecule has 0 amide bonds. The van der Waals surface area contributed by atoms with Crippen molar-refractivity contribution in [1.82, 2.24) is 9.55 Å². The van der Waals surface area contributed by atoms with E-state index in [1.807, 2.05) is 0 Å². The fourth-order valence-corrected chi connectivity index (χ4v) is 1.78. The van der Waals surface area contributed by atoms with Gasteiger partial charge in [-0.25, -0.2) is 4.79 Å². The molecule has 1 fully saturated rings. The maximum absolute atomic E-state index is 11.4. The van der Waals surface area contributed by atoms with E-state index in [0.717, 1.165) is 12.8 Å². The number of nitrogens with two attached hydrogens (primary N) is 1. The van der Waals surface area contributed by atoms with Crippen molar-refractivity contribution in [3.63, 3.8) is 0 Å². The number of aliphatic hydroxyl groups excluding tert-OH is 1. The molecule has 0 aromatic carbocycles. The topological polar surface area (TPSA) is 81.1 Å². The van der Waals surface area contributed by atoms with Gasteiger partial charge in [0, 0.05) is 18.8 Å². The second-order valence-electron chi connectivity index (χ2n) is 3.72. The lowest BCUT2D eigenvalue weighted by atomic mass is 9.81. The van der Waals surface area contributed by atoms with Crippen LogP contribution in [0.2, 0.25) is 0 Å². The Morgan fingerprint density at radius 1 is 1.64 bits per heavy atom. The summed E-state index contributed by atoms with van der Waals surface area (Å²) in [5.41, 5.74) is 5.08. The number of anilines is 1. The molecule has 0 unspecified atom stereocenters. The molecule has 1 aromatic rings. The molecule has 0 saturated heterocycles. The summed E-state index contributed by atoms with van der Waals surface area (Å²) in [6, 6.07) is 1.81. The maximum atomic E-state index is 11.4. The van der Waals surface area contributed by atoms with Crippen molar-refractivity contribution in [1.29, 1.82) is 0 Å². The van der Waals surface area contributed by atoms with Crippen molar-refractivity contribution >= 4 is 5.82 Å². The molecule has 0 bridgehead atoms. The highest BCUT2D eigenvalue weighted by atomic mass is 16.3. The van der Waals surface area contributed by atoms with Crippen LogP contribution in [0.15, 0.2) is 17.1 Å². The smallest absolute Gasteiger partial charge is 0.349 e. The van der Waals surface area contributed by atoms with E-state index in [9.17, 15) is 4.79 Å². The summed E-state index contributed by atoms with van der Waals surface area (Å²) < 4.78 is 1.59. The third-order valence-electron chi connectivity index (χ3n) is 2.71. The quantitative estimate of drug-likeness (QED) is 0.683. The molecule has 1 saturated carbocycles. The van der Waals surface area contributed by atoms with Gasteiger partial charge in [0.2, 0.25) is 0 Å². The van der Waals surface area contributed by atoms with Gasteiger partial charge in [0.05, 0.1) is 0 Å². The molecule has 0 aliphatic heterocycles. The van der Waals surface area contributed by atoms with E-state index < -0.39 is 0 Å². The van der Waals surface area contributed by atoms with Crippen molar-refractivity contribution < 1.29 is 5.11 Å². The molecular formula is C9H13N3O2. The normalized spacial score (nSPS) is 25.8. The third-order valence-corrected chi connectivity index (χ3v) is 2.71. The zero-order chi connectivity index (χ0) is 10.1. The minimum atomic E-state index is -0.300. The monoisotopic (exact) mass is 195 g/mol. The average molecular weight is 195 g/mol. The number of aromatic nitrogens is 2. The predicted molar refractivity (Wildman–Crippen MR) is 51.8 cm³/mol. The van der Waals surface area contributed by atoms with Gasteiger partial charge in [-0.05, 0) is 24.8 Å². The lowest BCUT2D eigenvalue weighted by Gasteiger charge is -2.34. The summed E-state index contributed by atoms with van der Waals surface area (Å²) in [7, 11) is 0. The molecule has 14 heavy (non-hydrogen) atoms. The Hall–Kier alpha value is -1.36. The number of hydrogen-bond donors (Lipinski definition) is 2. The van der Waals surface area contributed by atoms with Crippen LogP contribution in [0, 0.1) is 5.92 Å². The fraction of sp³-hybridized carbons (Fsp3) is 0.556. The molecule has 76 valence electrons. The first-order chi connectivity index (χ1) is 6.70. The van der Waals surface area contributed by atoms with Crippen LogP contribution < -0.4 is 11.4 Å². The number of nitrogen functional groups attached to an aromatic ring is 1. The minimum absolute atomic E-state index is 0.188. The Morgan fingerprint density at radius 3 is 2.93 bits per heavy atom. The van der Waals surface area contributed by atoms with Gasteiger partial charge in [-0.1, -0.05) is 0 Å². The number of hydrogen-bond acceptors (Lipinski definition) is 4. The van der Waals surface area contributed by atoms with Gasteiger partial charge in [0.15, 0.2) is 0 Å². The maximum Gasteiger partial charge on any atom is 0.349 e. The van der Waals surface area contributed by atoms with E-state index in [1.165, 1.54) is 0 Å². The molecule has 0 radical (unpaired) electrons. The number of aliphatic hydroxyl groups is 1. The van der Waals surface area contributed by atoms with Crippen LogP contribution in [0.3, 0.4) is 0 Å². The summed E-state index contributed by atoms with van der Waals surface area (Å²) in [6.07, 6.45) is 3.37. The van der Waals surface area contributed by atoms with Crippen LogP contribution in [0.4, 0.5) is 5.82 Å². The Morgan fingerprint density at radius 2 is 2.36 bits per heavy atom. The van der Waals surface area contributed by atoms with E-state index in [0.29, 0.717) is 5.92 Å². The van der Waals surface area contributed by atoms with E-state index >= 15 is 0 Å². The molecule has 1 aromatic heterocycles. The summed E-state index contributed by atoms with van der Waals surface area (Å²) in [4.78, 5) is 15.0.